The van der Waals surface area contributed by atoms with Gasteiger partial charge in [-0.1, -0.05) is 30.3 Å². The molecule has 1 aliphatic carbocycles. The van der Waals surface area contributed by atoms with Gasteiger partial charge >= 0.3 is 5.97 Å². The van der Waals surface area contributed by atoms with Crippen LogP contribution < -0.4 is 5.32 Å². The summed E-state index contributed by atoms with van der Waals surface area (Å²) in [6.45, 7) is -0.298. The van der Waals surface area contributed by atoms with Gasteiger partial charge in [-0.2, -0.15) is 0 Å². The molecule has 0 unspecified atom stereocenters. The van der Waals surface area contributed by atoms with E-state index in [0.29, 0.717) is 5.56 Å². The van der Waals surface area contributed by atoms with Crippen molar-refractivity contribution in [3.63, 3.8) is 0 Å². The van der Waals surface area contributed by atoms with Gasteiger partial charge in [0.1, 0.15) is 0 Å². The fraction of sp³-hybridized carbons (Fsp3) is 0.286. The second-order valence-electron chi connectivity index (χ2n) is 6.75. The largest absolute Gasteiger partial charge is 0.457 e. The van der Waals surface area contributed by atoms with Gasteiger partial charge in [0.25, 0.3) is 0 Å². The van der Waals surface area contributed by atoms with Crippen molar-refractivity contribution in [1.29, 1.82) is 0 Å². The lowest BCUT2D eigenvalue weighted by Crippen LogP contribution is -2.20. The number of amides is 1. The lowest BCUT2D eigenvalue weighted by molar-refractivity contribution is -0.144. The molecule has 0 radical (unpaired) electrons. The lowest BCUT2D eigenvalue weighted by atomic mass is 9.97. The molecule has 1 N–H and O–H groups in total. The number of carbonyl (C=O) groups excluding carboxylic acids is 3. The predicted molar refractivity (Wildman–Crippen MR) is 96.2 cm³/mol. The zero-order chi connectivity index (χ0) is 18.1. The third-order valence-corrected chi connectivity index (χ3v) is 5.07. The number of hydrogen-bond acceptors (Lipinski definition) is 4. The number of hydrogen-bond donors (Lipinski definition) is 1. The normalized spacial score (nSPS) is 17.4. The van der Waals surface area contributed by atoms with Gasteiger partial charge in [0.05, 0.1) is 12.3 Å². The van der Waals surface area contributed by atoms with Crippen molar-refractivity contribution in [1.82, 2.24) is 0 Å². The van der Waals surface area contributed by atoms with Crippen LogP contribution in [0.2, 0.25) is 0 Å². The Morgan fingerprint density at radius 2 is 1.88 bits per heavy atom. The molecule has 1 amide bonds. The van der Waals surface area contributed by atoms with Crippen molar-refractivity contribution in [2.75, 3.05) is 11.9 Å². The van der Waals surface area contributed by atoms with Gasteiger partial charge < -0.3 is 10.1 Å². The van der Waals surface area contributed by atoms with E-state index in [9.17, 15) is 14.4 Å². The van der Waals surface area contributed by atoms with Crippen LogP contribution in [-0.4, -0.2) is 24.3 Å². The molecule has 0 saturated carbocycles. The van der Waals surface area contributed by atoms with Crippen molar-refractivity contribution >= 4 is 23.3 Å². The van der Waals surface area contributed by atoms with Crippen molar-refractivity contribution in [3.8, 4) is 0 Å². The van der Waals surface area contributed by atoms with Gasteiger partial charge in [-0.05, 0) is 48.1 Å². The Bertz CT molecular complexity index is 903. The zero-order valence-electron chi connectivity index (χ0n) is 14.3. The molecule has 2 aromatic carbocycles. The molecule has 2 aliphatic rings. The highest BCUT2D eigenvalue weighted by Crippen LogP contribution is 2.34. The molecule has 26 heavy (non-hydrogen) atoms. The van der Waals surface area contributed by atoms with Crippen LogP contribution in [0.5, 0.6) is 0 Å². The second-order valence-corrected chi connectivity index (χ2v) is 6.75. The predicted octanol–water partition coefficient (Wildman–Crippen LogP) is 3.03. The van der Waals surface area contributed by atoms with E-state index >= 15 is 0 Å². The maximum atomic E-state index is 12.3. The summed E-state index contributed by atoms with van der Waals surface area (Å²) in [4.78, 5) is 36.5. The average Bonchev–Trinajstić information content (AvgIpc) is 3.23. The van der Waals surface area contributed by atoms with E-state index in [0.717, 1.165) is 30.5 Å². The van der Waals surface area contributed by atoms with Gasteiger partial charge in [-0.3, -0.25) is 14.4 Å². The van der Waals surface area contributed by atoms with Crippen molar-refractivity contribution in [3.05, 3.63) is 64.7 Å². The lowest BCUT2D eigenvalue weighted by Gasteiger charge is -2.09. The Balaban J connectivity index is 1.36. The van der Waals surface area contributed by atoms with Crippen LogP contribution in [0.4, 0.5) is 5.69 Å². The molecule has 1 atom stereocenters. The first-order chi connectivity index (χ1) is 12.6. The molecular formula is C21H19NO4. The Morgan fingerprint density at radius 3 is 2.77 bits per heavy atom. The Morgan fingerprint density at radius 1 is 1.08 bits per heavy atom. The smallest absolute Gasteiger partial charge is 0.307 e. The molecule has 5 nitrogen and oxygen atoms in total. The van der Waals surface area contributed by atoms with E-state index in [2.05, 4.69) is 5.32 Å². The van der Waals surface area contributed by atoms with E-state index in [4.69, 9.17) is 4.74 Å². The summed E-state index contributed by atoms with van der Waals surface area (Å²) in [5.41, 5.74) is 4.59. The molecule has 0 fully saturated rings. The zero-order valence-corrected chi connectivity index (χ0v) is 14.3. The van der Waals surface area contributed by atoms with Crippen molar-refractivity contribution in [2.45, 2.75) is 31.6 Å². The molecule has 1 aliphatic heterocycles. The van der Waals surface area contributed by atoms with Crippen LogP contribution >= 0.6 is 0 Å². The van der Waals surface area contributed by atoms with Crippen molar-refractivity contribution < 1.29 is 19.1 Å². The second kappa shape index (κ2) is 6.75. The molecule has 1 heterocycles. The summed E-state index contributed by atoms with van der Waals surface area (Å²) < 4.78 is 5.13. The van der Waals surface area contributed by atoms with Crippen molar-refractivity contribution in [2.24, 2.45) is 0 Å². The number of fused-ring (bicyclic) bond motifs is 2. The van der Waals surface area contributed by atoms with Gasteiger partial charge in [-0.15, -0.1) is 0 Å². The minimum Gasteiger partial charge on any atom is -0.457 e. The van der Waals surface area contributed by atoms with Gasteiger partial charge in [0, 0.05) is 11.3 Å². The number of nitrogens with one attached hydrogen (secondary N) is 1. The number of carbonyl (C=O) groups is 3. The van der Waals surface area contributed by atoms with E-state index < -0.39 is 11.9 Å². The third kappa shape index (κ3) is 3.12. The maximum absolute atomic E-state index is 12.3. The molecule has 2 aromatic rings. The highest BCUT2D eigenvalue weighted by Gasteiger charge is 2.32. The van der Waals surface area contributed by atoms with Crippen LogP contribution in [0.25, 0.3) is 0 Å². The van der Waals surface area contributed by atoms with Gasteiger partial charge in [0.2, 0.25) is 5.91 Å². The molecule has 0 spiro atoms. The molecule has 132 valence electrons. The summed E-state index contributed by atoms with van der Waals surface area (Å²) in [5, 5.41) is 2.75. The first-order valence-electron chi connectivity index (χ1n) is 8.82. The fourth-order valence-corrected chi connectivity index (χ4v) is 3.68. The molecule has 0 aromatic heterocycles. The standard InChI is InChI=1S/C21H19NO4/c23-19(15-9-8-13-4-3-5-14(13)10-15)12-26-20(24)11-17-16-6-1-2-7-18(16)22-21(17)25/h1-2,6-10,17H,3-5,11-12H2,(H,22,25)/t17-/m1/s1. The molecule has 4 rings (SSSR count). The Labute approximate surface area is 151 Å². The highest BCUT2D eigenvalue weighted by molar-refractivity contribution is 6.04. The summed E-state index contributed by atoms with van der Waals surface area (Å²) in [6, 6.07) is 13.0. The SMILES string of the molecule is O=C(C[C@H]1C(=O)Nc2ccccc21)OCC(=O)c1ccc2c(c1)CCC2. The van der Waals surface area contributed by atoms with Gasteiger partial charge in [-0.25, -0.2) is 0 Å². The highest BCUT2D eigenvalue weighted by atomic mass is 16.5. The Hall–Kier alpha value is -2.95. The first-order valence-corrected chi connectivity index (χ1v) is 8.82. The van der Waals surface area contributed by atoms with Crippen LogP contribution in [-0.2, 0) is 27.2 Å². The fourth-order valence-electron chi connectivity index (χ4n) is 3.68. The van der Waals surface area contributed by atoms with E-state index in [-0.39, 0.29) is 24.7 Å². The monoisotopic (exact) mass is 349 g/mol. The van der Waals surface area contributed by atoms with Crippen LogP contribution in [0.15, 0.2) is 42.5 Å². The number of anilines is 1. The van der Waals surface area contributed by atoms with Crippen LogP contribution in [0.3, 0.4) is 0 Å². The number of rotatable bonds is 5. The average molecular weight is 349 g/mol. The minimum atomic E-state index is -0.561. The minimum absolute atomic E-state index is 0.0691. The number of ether oxygens (including phenoxy) is 1. The third-order valence-electron chi connectivity index (χ3n) is 5.07. The molecular weight excluding hydrogens is 330 g/mol. The quantitative estimate of drug-likeness (QED) is 0.665. The summed E-state index contributed by atoms with van der Waals surface area (Å²) >= 11 is 0. The number of ketones is 1. The number of esters is 1. The maximum Gasteiger partial charge on any atom is 0.307 e. The van der Waals surface area contributed by atoms with Crippen LogP contribution in [0, 0.1) is 0 Å². The summed E-state index contributed by atoms with van der Waals surface area (Å²) in [6.07, 6.45) is 3.10. The van der Waals surface area contributed by atoms with E-state index in [1.54, 1.807) is 12.1 Å². The van der Waals surface area contributed by atoms with E-state index in [1.807, 2.05) is 30.3 Å². The van der Waals surface area contributed by atoms with E-state index in [1.165, 1.54) is 11.1 Å². The summed E-state index contributed by atoms with van der Waals surface area (Å²) in [5.74, 6) is -1.54. The number of Topliss-reactive ketones (excluding diaryl/α,β-unsaturated/α-hetero) is 1. The summed E-state index contributed by atoms with van der Waals surface area (Å²) in [7, 11) is 0. The Kier molecular flexibility index (Phi) is 4.29. The molecule has 0 bridgehead atoms. The topological polar surface area (TPSA) is 72.5 Å². The molecule has 5 heteroatoms. The number of aryl methyl sites for hydroxylation is 2. The number of benzene rings is 2. The number of para-hydroxylation sites is 1. The van der Waals surface area contributed by atoms with Gasteiger partial charge in [0.15, 0.2) is 12.4 Å². The van der Waals surface area contributed by atoms with Crippen LogP contribution in [0.1, 0.15) is 45.8 Å². The molecule has 0 saturated heterocycles. The first kappa shape index (κ1) is 16.5.